The minimum Gasteiger partial charge on any atom is -0.497 e. The van der Waals surface area contributed by atoms with Gasteiger partial charge in [-0.1, -0.05) is 0 Å². The minimum absolute atomic E-state index is 0.0327. The summed E-state index contributed by atoms with van der Waals surface area (Å²) in [4.78, 5) is 30.1. The van der Waals surface area contributed by atoms with Crippen LogP contribution in [0.4, 0.5) is 21.9 Å². The number of benzene rings is 2. The molecule has 0 aromatic heterocycles. The summed E-state index contributed by atoms with van der Waals surface area (Å²) in [7, 11) is 3.10. The van der Waals surface area contributed by atoms with Crippen molar-refractivity contribution in [1.29, 1.82) is 0 Å². The predicted octanol–water partition coefficient (Wildman–Crippen LogP) is 4.18. The van der Waals surface area contributed by atoms with Crippen LogP contribution in [0.1, 0.15) is 36.0 Å². The molecule has 3 amide bonds. The van der Waals surface area contributed by atoms with Crippen molar-refractivity contribution in [3.63, 3.8) is 0 Å². The van der Waals surface area contributed by atoms with Crippen LogP contribution in [-0.4, -0.2) is 57.2 Å². The van der Waals surface area contributed by atoms with Gasteiger partial charge in [-0.2, -0.15) is 0 Å². The van der Waals surface area contributed by atoms with Gasteiger partial charge in [0.15, 0.2) is 0 Å². The van der Waals surface area contributed by atoms with Crippen molar-refractivity contribution in [3.05, 3.63) is 42.0 Å². The third-order valence-electron chi connectivity index (χ3n) is 5.98. The molecule has 8 heteroatoms. The first-order valence-corrected chi connectivity index (χ1v) is 11.1. The number of likely N-dealkylation sites (tertiary alicyclic amines) is 1. The standard InChI is InChI=1S/C24H30N4O4/c1-31-18-8-9-20(22(16-18)32-2)26-24(30)25-17-7-10-21(27-11-3-4-12-27)19(15-17)23(29)28-13-5-6-14-28/h7-10,15-16H,3-6,11-14H2,1-2H3,(H2,25,26,30). The maximum atomic E-state index is 13.2. The molecule has 0 bridgehead atoms. The zero-order chi connectivity index (χ0) is 22.5. The van der Waals surface area contributed by atoms with E-state index in [9.17, 15) is 9.59 Å². The fourth-order valence-corrected chi connectivity index (χ4v) is 4.30. The molecule has 0 atom stereocenters. The second-order valence-corrected chi connectivity index (χ2v) is 8.07. The minimum atomic E-state index is -0.415. The van der Waals surface area contributed by atoms with Crippen LogP contribution < -0.4 is 25.0 Å². The topological polar surface area (TPSA) is 83.1 Å². The first kappa shape index (κ1) is 21.8. The van der Waals surface area contributed by atoms with Crippen molar-refractivity contribution < 1.29 is 19.1 Å². The molecule has 0 radical (unpaired) electrons. The third kappa shape index (κ3) is 4.74. The van der Waals surface area contributed by atoms with Crippen LogP contribution in [0.15, 0.2) is 36.4 Å². The molecule has 32 heavy (non-hydrogen) atoms. The molecular formula is C24H30N4O4. The molecule has 2 fully saturated rings. The number of methoxy groups -OCH3 is 2. The second kappa shape index (κ2) is 9.80. The Hall–Kier alpha value is -3.42. The van der Waals surface area contributed by atoms with E-state index in [-0.39, 0.29) is 5.91 Å². The zero-order valence-electron chi connectivity index (χ0n) is 18.6. The number of rotatable bonds is 6. The molecule has 2 aromatic rings. The Balaban J connectivity index is 1.54. The highest BCUT2D eigenvalue weighted by Crippen LogP contribution is 2.31. The van der Waals surface area contributed by atoms with E-state index in [1.54, 1.807) is 31.4 Å². The van der Waals surface area contributed by atoms with Gasteiger partial charge in [0.2, 0.25) is 0 Å². The maximum Gasteiger partial charge on any atom is 0.323 e. The Morgan fingerprint density at radius 3 is 2.25 bits per heavy atom. The number of nitrogens with zero attached hydrogens (tertiary/aromatic N) is 2. The van der Waals surface area contributed by atoms with E-state index in [1.807, 2.05) is 17.0 Å². The van der Waals surface area contributed by atoms with Crippen LogP contribution in [0, 0.1) is 0 Å². The van der Waals surface area contributed by atoms with Gasteiger partial charge in [-0.25, -0.2) is 4.79 Å². The molecule has 170 valence electrons. The molecule has 2 aliphatic rings. The van der Waals surface area contributed by atoms with Crippen molar-refractivity contribution in [2.24, 2.45) is 0 Å². The first-order chi connectivity index (χ1) is 15.6. The van der Waals surface area contributed by atoms with Gasteiger partial charge < -0.3 is 29.9 Å². The van der Waals surface area contributed by atoms with Crippen molar-refractivity contribution in [2.75, 3.05) is 55.9 Å². The lowest BCUT2D eigenvalue weighted by atomic mass is 10.1. The summed E-state index contributed by atoms with van der Waals surface area (Å²) in [5.41, 5.74) is 2.68. The zero-order valence-corrected chi connectivity index (χ0v) is 18.6. The molecule has 2 aromatic carbocycles. The van der Waals surface area contributed by atoms with E-state index >= 15 is 0 Å². The number of nitrogens with one attached hydrogen (secondary N) is 2. The SMILES string of the molecule is COc1ccc(NC(=O)Nc2ccc(N3CCCC3)c(C(=O)N3CCCC3)c2)c(OC)c1. The van der Waals surface area contributed by atoms with E-state index in [4.69, 9.17) is 9.47 Å². The number of anilines is 3. The summed E-state index contributed by atoms with van der Waals surface area (Å²) >= 11 is 0. The van der Waals surface area contributed by atoms with Crippen molar-refractivity contribution in [2.45, 2.75) is 25.7 Å². The normalized spacial score (nSPS) is 15.6. The number of carbonyl (C=O) groups is 2. The summed E-state index contributed by atoms with van der Waals surface area (Å²) in [5, 5.41) is 5.65. The van der Waals surface area contributed by atoms with Crippen LogP contribution in [0.5, 0.6) is 11.5 Å². The maximum absolute atomic E-state index is 13.2. The number of hydrogen-bond donors (Lipinski definition) is 2. The molecule has 4 rings (SSSR count). The lowest BCUT2D eigenvalue weighted by Gasteiger charge is -2.24. The van der Waals surface area contributed by atoms with E-state index in [0.29, 0.717) is 28.4 Å². The molecule has 2 aliphatic heterocycles. The fraction of sp³-hybridized carbons (Fsp3) is 0.417. The quantitative estimate of drug-likeness (QED) is 0.707. The van der Waals surface area contributed by atoms with E-state index in [2.05, 4.69) is 15.5 Å². The van der Waals surface area contributed by atoms with Gasteiger partial charge in [-0.15, -0.1) is 0 Å². The molecule has 0 unspecified atom stereocenters. The van der Waals surface area contributed by atoms with Crippen molar-refractivity contribution in [3.8, 4) is 11.5 Å². The molecule has 0 saturated carbocycles. The Bertz CT molecular complexity index is 982. The summed E-state index contributed by atoms with van der Waals surface area (Å²) in [6.07, 6.45) is 4.33. The summed E-state index contributed by atoms with van der Waals surface area (Å²) < 4.78 is 10.5. The van der Waals surface area contributed by atoms with E-state index in [0.717, 1.165) is 57.5 Å². The first-order valence-electron chi connectivity index (χ1n) is 11.1. The van der Waals surface area contributed by atoms with Crippen molar-refractivity contribution in [1.82, 2.24) is 4.90 Å². The van der Waals surface area contributed by atoms with Crippen LogP contribution in [0.3, 0.4) is 0 Å². The van der Waals surface area contributed by atoms with Gasteiger partial charge >= 0.3 is 6.03 Å². The van der Waals surface area contributed by atoms with Gasteiger partial charge in [-0.3, -0.25) is 4.79 Å². The Morgan fingerprint density at radius 2 is 1.56 bits per heavy atom. The molecule has 8 nitrogen and oxygen atoms in total. The average molecular weight is 439 g/mol. The molecule has 0 aliphatic carbocycles. The van der Waals surface area contributed by atoms with Crippen molar-refractivity contribution >= 4 is 29.0 Å². The number of amides is 3. The van der Waals surface area contributed by atoms with Gasteiger partial charge in [0.1, 0.15) is 11.5 Å². The van der Waals surface area contributed by atoms with Gasteiger partial charge in [0.25, 0.3) is 5.91 Å². The highest BCUT2D eigenvalue weighted by molar-refractivity contribution is 6.04. The Morgan fingerprint density at radius 1 is 0.844 bits per heavy atom. The highest BCUT2D eigenvalue weighted by atomic mass is 16.5. The molecular weight excluding hydrogens is 408 g/mol. The molecule has 0 spiro atoms. The van der Waals surface area contributed by atoms with Crippen LogP contribution in [-0.2, 0) is 0 Å². The largest absolute Gasteiger partial charge is 0.497 e. The van der Waals surface area contributed by atoms with Gasteiger partial charge in [-0.05, 0) is 56.0 Å². The highest BCUT2D eigenvalue weighted by Gasteiger charge is 2.25. The number of carbonyl (C=O) groups excluding carboxylic acids is 2. The van der Waals surface area contributed by atoms with Crippen LogP contribution in [0.25, 0.3) is 0 Å². The fourth-order valence-electron chi connectivity index (χ4n) is 4.30. The molecule has 2 N–H and O–H groups in total. The Labute approximate surface area is 188 Å². The smallest absolute Gasteiger partial charge is 0.323 e. The van der Waals surface area contributed by atoms with Crippen LogP contribution >= 0.6 is 0 Å². The Kier molecular flexibility index (Phi) is 6.68. The van der Waals surface area contributed by atoms with Gasteiger partial charge in [0.05, 0.1) is 25.5 Å². The predicted molar refractivity (Wildman–Crippen MR) is 125 cm³/mol. The molecule has 2 saturated heterocycles. The lowest BCUT2D eigenvalue weighted by molar-refractivity contribution is 0.0793. The number of urea groups is 1. The summed E-state index contributed by atoms with van der Waals surface area (Å²) in [5.74, 6) is 1.16. The second-order valence-electron chi connectivity index (χ2n) is 8.07. The van der Waals surface area contributed by atoms with E-state index in [1.165, 1.54) is 7.11 Å². The summed E-state index contributed by atoms with van der Waals surface area (Å²) in [6, 6.07) is 10.3. The third-order valence-corrected chi connectivity index (χ3v) is 5.98. The van der Waals surface area contributed by atoms with Crippen LogP contribution in [0.2, 0.25) is 0 Å². The average Bonchev–Trinajstić information content (AvgIpc) is 3.53. The monoisotopic (exact) mass is 438 g/mol. The number of hydrogen-bond acceptors (Lipinski definition) is 5. The lowest BCUT2D eigenvalue weighted by Crippen LogP contribution is -2.30. The molecule has 2 heterocycles. The van der Waals surface area contributed by atoms with E-state index < -0.39 is 6.03 Å². The van der Waals surface area contributed by atoms with Gasteiger partial charge in [0, 0.05) is 43.6 Å². The number of ether oxygens (including phenoxy) is 2. The summed E-state index contributed by atoms with van der Waals surface area (Å²) in [6.45, 7) is 3.47.